The number of aromatic carboxylic acids is 1. The summed E-state index contributed by atoms with van der Waals surface area (Å²) in [4.78, 5) is 11.4. The fourth-order valence-corrected chi connectivity index (χ4v) is 6.93. The second-order valence-electron chi connectivity index (χ2n) is 9.39. The smallest absolute Gasteiger partial charge is 0.478 e. The predicted molar refractivity (Wildman–Crippen MR) is 156 cm³/mol. The first-order valence-electron chi connectivity index (χ1n) is 14.1. The van der Waals surface area contributed by atoms with Crippen LogP contribution in [0.25, 0.3) is 21.5 Å². The lowest BCUT2D eigenvalue weighted by Gasteiger charge is -2.30. The molecule has 0 bridgehead atoms. The Morgan fingerprint density at radius 1 is 0.676 bits per heavy atom. The molecular weight excluding hydrogens is 480 g/mol. The van der Waals surface area contributed by atoms with E-state index in [1.165, 1.54) is 6.42 Å². The lowest BCUT2D eigenvalue weighted by atomic mass is 9.97. The number of carboxylic acids is 1. The number of fused-ring (bicyclic) bond motifs is 2. The number of hydrogen-bond acceptors (Lipinski definition) is 4. The third-order valence-electron chi connectivity index (χ3n) is 6.28. The Labute approximate surface area is 224 Å². The van der Waals surface area contributed by atoms with Crippen molar-refractivity contribution in [3.05, 3.63) is 60.2 Å². The van der Waals surface area contributed by atoms with Crippen molar-refractivity contribution in [1.82, 2.24) is 0 Å². The van der Waals surface area contributed by atoms with Crippen LogP contribution in [0, 0.1) is 0 Å². The molecular formula is C31H46O5Si. The molecule has 0 saturated carbocycles. The highest BCUT2D eigenvalue weighted by Crippen LogP contribution is 2.28. The Hall–Kier alpha value is -2.25. The third-order valence-corrected chi connectivity index (χ3v) is 9.18. The average molecular weight is 527 g/mol. The van der Waals surface area contributed by atoms with Gasteiger partial charge in [-0.15, -0.1) is 0 Å². The average Bonchev–Trinajstić information content (AvgIpc) is 2.91. The molecule has 0 aromatic heterocycles. The maximum absolute atomic E-state index is 11.4. The van der Waals surface area contributed by atoms with E-state index in [-0.39, 0.29) is 0 Å². The molecule has 0 fully saturated rings. The van der Waals surface area contributed by atoms with Gasteiger partial charge in [0.1, 0.15) is 0 Å². The lowest BCUT2D eigenvalue weighted by molar-refractivity contribution is 0.0557. The van der Waals surface area contributed by atoms with E-state index in [1.54, 1.807) is 0 Å². The number of carboxylic acid groups (broad SMARTS) is 1. The number of rotatable bonds is 16. The summed E-state index contributed by atoms with van der Waals surface area (Å²) in [7, 11) is -2.43. The van der Waals surface area contributed by atoms with Crippen LogP contribution in [0.15, 0.2) is 54.6 Å². The topological polar surface area (TPSA) is 65.0 Å². The summed E-state index contributed by atoms with van der Waals surface area (Å²) >= 11 is 0. The Kier molecular flexibility index (Phi) is 14.5. The molecule has 0 saturated heterocycles. The van der Waals surface area contributed by atoms with Crippen LogP contribution in [-0.4, -0.2) is 39.7 Å². The molecule has 0 spiro atoms. The van der Waals surface area contributed by atoms with Gasteiger partial charge in [-0.25, -0.2) is 4.79 Å². The largest absolute Gasteiger partial charge is 0.500 e. The van der Waals surface area contributed by atoms with E-state index in [0.717, 1.165) is 92.4 Å². The van der Waals surface area contributed by atoms with Gasteiger partial charge in [0.05, 0.1) is 5.56 Å². The quantitative estimate of drug-likeness (QED) is 0.115. The monoisotopic (exact) mass is 526 g/mol. The van der Waals surface area contributed by atoms with Gasteiger partial charge in [0.2, 0.25) is 0 Å². The molecule has 1 N–H and O–H groups in total. The minimum absolute atomic E-state index is 0.388. The van der Waals surface area contributed by atoms with Crippen LogP contribution in [0.2, 0.25) is 6.04 Å². The SMILES string of the molecule is CCCCO[Si](CCCC)(OCCCC)OCCCC.O=C(O)c1c2ccccc2cc2ccccc12. The van der Waals surface area contributed by atoms with E-state index in [2.05, 4.69) is 27.7 Å². The highest BCUT2D eigenvalue weighted by Gasteiger charge is 2.40. The second kappa shape index (κ2) is 17.3. The van der Waals surface area contributed by atoms with Crippen molar-refractivity contribution < 1.29 is 23.2 Å². The van der Waals surface area contributed by atoms with Crippen LogP contribution in [0.5, 0.6) is 0 Å². The van der Waals surface area contributed by atoms with Gasteiger partial charge in [-0.05, 0) is 53.3 Å². The van der Waals surface area contributed by atoms with Crippen molar-refractivity contribution >= 4 is 36.3 Å². The summed E-state index contributed by atoms with van der Waals surface area (Å²) in [5.41, 5.74) is 0.388. The van der Waals surface area contributed by atoms with Gasteiger partial charge in [0, 0.05) is 25.9 Å². The fraction of sp³-hybridized carbons (Fsp3) is 0.516. The summed E-state index contributed by atoms with van der Waals surface area (Å²) < 4.78 is 18.5. The molecule has 3 aromatic rings. The summed E-state index contributed by atoms with van der Waals surface area (Å²) in [5, 5.41) is 12.9. The molecule has 37 heavy (non-hydrogen) atoms. The van der Waals surface area contributed by atoms with Crippen molar-refractivity contribution in [1.29, 1.82) is 0 Å². The molecule has 3 rings (SSSR count). The summed E-state index contributed by atoms with van der Waals surface area (Å²) in [6, 6.07) is 18.1. The molecule has 3 aromatic carbocycles. The molecule has 0 aliphatic carbocycles. The molecule has 5 nitrogen and oxygen atoms in total. The van der Waals surface area contributed by atoms with Crippen molar-refractivity contribution in [3.63, 3.8) is 0 Å². The van der Waals surface area contributed by atoms with Gasteiger partial charge in [0.15, 0.2) is 0 Å². The van der Waals surface area contributed by atoms with E-state index in [1.807, 2.05) is 54.6 Å². The number of unbranched alkanes of at least 4 members (excludes halogenated alkanes) is 4. The van der Waals surface area contributed by atoms with E-state index < -0.39 is 14.8 Å². The van der Waals surface area contributed by atoms with E-state index in [0.29, 0.717) is 5.56 Å². The van der Waals surface area contributed by atoms with Crippen molar-refractivity contribution in [3.8, 4) is 0 Å². The molecule has 204 valence electrons. The number of carbonyl (C=O) groups is 1. The van der Waals surface area contributed by atoms with Crippen LogP contribution in [0.1, 0.15) is 89.4 Å². The van der Waals surface area contributed by atoms with Gasteiger partial charge < -0.3 is 18.4 Å². The predicted octanol–water partition coefficient (Wildman–Crippen LogP) is 8.87. The molecule has 0 unspecified atom stereocenters. The van der Waals surface area contributed by atoms with Crippen molar-refractivity contribution in [2.75, 3.05) is 19.8 Å². The van der Waals surface area contributed by atoms with E-state index in [4.69, 9.17) is 13.3 Å². The molecule has 0 aliphatic heterocycles. The highest BCUT2D eigenvalue weighted by atomic mass is 28.4. The van der Waals surface area contributed by atoms with Crippen LogP contribution < -0.4 is 0 Å². The van der Waals surface area contributed by atoms with Crippen LogP contribution in [-0.2, 0) is 13.3 Å². The normalized spacial score (nSPS) is 11.5. The third kappa shape index (κ3) is 9.86. The number of hydrogen-bond donors (Lipinski definition) is 1. The maximum atomic E-state index is 11.4. The van der Waals surface area contributed by atoms with Crippen LogP contribution in [0.3, 0.4) is 0 Å². The van der Waals surface area contributed by atoms with Gasteiger partial charge in [0.25, 0.3) is 0 Å². The summed E-state index contributed by atoms with van der Waals surface area (Å²) in [5.74, 6) is -0.877. The standard InChI is InChI=1S/C16H36O3Si.C15H10O2/c1-5-9-13-17-20(16-12-8-4,18-14-10-6-2)19-15-11-7-3;16-15(17)14-12-7-3-1-5-10(12)9-11-6-2-4-8-13(11)14/h5-16H2,1-4H3;1-9H,(H,16,17). The Morgan fingerprint density at radius 2 is 1.08 bits per heavy atom. The number of benzene rings is 3. The Balaban J connectivity index is 0.000000262. The first-order chi connectivity index (χ1) is 18.0. The van der Waals surface area contributed by atoms with Gasteiger partial charge in [-0.3, -0.25) is 0 Å². The molecule has 0 aliphatic rings. The van der Waals surface area contributed by atoms with Gasteiger partial charge in [-0.1, -0.05) is 102 Å². The van der Waals surface area contributed by atoms with E-state index >= 15 is 0 Å². The minimum Gasteiger partial charge on any atom is -0.478 e. The summed E-state index contributed by atoms with van der Waals surface area (Å²) in [6.45, 7) is 11.1. The highest BCUT2D eigenvalue weighted by molar-refractivity contribution is 6.60. The molecule has 0 atom stereocenters. The van der Waals surface area contributed by atoms with Gasteiger partial charge >= 0.3 is 14.8 Å². The molecule has 6 heteroatoms. The van der Waals surface area contributed by atoms with Crippen molar-refractivity contribution in [2.45, 2.75) is 85.1 Å². The Morgan fingerprint density at radius 3 is 1.46 bits per heavy atom. The zero-order valence-electron chi connectivity index (χ0n) is 23.3. The molecule has 0 heterocycles. The molecule has 0 radical (unpaired) electrons. The zero-order valence-corrected chi connectivity index (χ0v) is 24.3. The minimum atomic E-state index is -2.43. The van der Waals surface area contributed by atoms with Crippen LogP contribution >= 0.6 is 0 Å². The summed E-state index contributed by atoms with van der Waals surface area (Å²) in [6.07, 6.45) is 9.04. The maximum Gasteiger partial charge on any atom is 0.500 e. The van der Waals surface area contributed by atoms with E-state index in [9.17, 15) is 9.90 Å². The first kappa shape index (κ1) is 31.0. The molecule has 0 amide bonds. The van der Waals surface area contributed by atoms with Crippen molar-refractivity contribution in [2.24, 2.45) is 0 Å². The lowest BCUT2D eigenvalue weighted by Crippen LogP contribution is -2.46. The zero-order chi connectivity index (χ0) is 26.9. The van der Waals surface area contributed by atoms with Crippen LogP contribution in [0.4, 0.5) is 0 Å². The fourth-order valence-electron chi connectivity index (χ4n) is 4.09. The van der Waals surface area contributed by atoms with Gasteiger partial charge in [-0.2, -0.15) is 0 Å². The second-order valence-corrected chi connectivity index (χ2v) is 12.1. The first-order valence-corrected chi connectivity index (χ1v) is 16.0. The Bertz CT molecular complexity index is 987.